The summed E-state index contributed by atoms with van der Waals surface area (Å²) >= 11 is 7.55. The highest BCUT2D eigenvalue weighted by Crippen LogP contribution is 2.19. The lowest BCUT2D eigenvalue weighted by atomic mass is 9.96. The summed E-state index contributed by atoms with van der Waals surface area (Å²) in [5.74, 6) is 0.861. The molecule has 1 aliphatic rings. The Morgan fingerprint density at radius 2 is 1.90 bits per heavy atom. The smallest absolute Gasteiger partial charge is 0.315 e. The highest BCUT2D eigenvalue weighted by molar-refractivity contribution is 7.99. The van der Waals surface area contributed by atoms with E-state index in [1.165, 1.54) is 24.2 Å². The predicted molar refractivity (Wildman–Crippen MR) is 85.6 cm³/mol. The lowest BCUT2D eigenvalue weighted by Crippen LogP contribution is -2.43. The summed E-state index contributed by atoms with van der Waals surface area (Å²) in [7, 11) is 0. The normalized spacial score (nSPS) is 15.8. The second kappa shape index (κ2) is 8.42. The molecule has 0 aromatic heterocycles. The van der Waals surface area contributed by atoms with Crippen molar-refractivity contribution in [1.29, 1.82) is 0 Å². The number of halogens is 1. The molecule has 0 heterocycles. The molecular weight excluding hydrogens is 292 g/mol. The zero-order valence-corrected chi connectivity index (χ0v) is 13.1. The first kappa shape index (κ1) is 15.5. The van der Waals surface area contributed by atoms with E-state index in [-0.39, 0.29) is 6.03 Å². The number of carbonyl (C=O) groups excluding carboxylic acids is 1. The third-order valence-corrected chi connectivity index (χ3v) is 4.68. The van der Waals surface area contributed by atoms with Crippen LogP contribution in [0.25, 0.3) is 0 Å². The van der Waals surface area contributed by atoms with E-state index in [0.717, 1.165) is 23.6 Å². The van der Waals surface area contributed by atoms with Crippen LogP contribution in [0.15, 0.2) is 29.2 Å². The molecule has 0 atom stereocenters. The molecule has 0 bridgehead atoms. The lowest BCUT2D eigenvalue weighted by Gasteiger charge is -2.22. The second-order valence-corrected chi connectivity index (χ2v) is 6.64. The SMILES string of the molecule is O=C(NCCSc1ccc(Cl)cc1)NC1CCCCC1. The number of rotatable bonds is 5. The first-order valence-corrected chi connectivity index (χ1v) is 8.53. The van der Waals surface area contributed by atoms with Crippen LogP contribution in [0.3, 0.4) is 0 Å². The third kappa shape index (κ3) is 5.63. The van der Waals surface area contributed by atoms with Crippen molar-refractivity contribution in [1.82, 2.24) is 10.6 Å². The van der Waals surface area contributed by atoms with Crippen LogP contribution in [-0.4, -0.2) is 24.4 Å². The summed E-state index contributed by atoms with van der Waals surface area (Å²) in [5.41, 5.74) is 0. The molecule has 3 nitrogen and oxygen atoms in total. The van der Waals surface area contributed by atoms with Crippen LogP contribution >= 0.6 is 23.4 Å². The van der Waals surface area contributed by atoms with E-state index < -0.39 is 0 Å². The Hall–Kier alpha value is -0.870. The molecule has 5 heteroatoms. The topological polar surface area (TPSA) is 41.1 Å². The fourth-order valence-corrected chi connectivity index (χ4v) is 3.24. The van der Waals surface area contributed by atoms with Crippen LogP contribution in [0.2, 0.25) is 5.02 Å². The zero-order valence-electron chi connectivity index (χ0n) is 11.5. The minimum atomic E-state index is -0.0337. The minimum absolute atomic E-state index is 0.0337. The number of amides is 2. The number of thioether (sulfide) groups is 1. The predicted octanol–water partition coefficient (Wildman–Crippen LogP) is 4.06. The van der Waals surface area contributed by atoms with Gasteiger partial charge in [0.1, 0.15) is 0 Å². The minimum Gasteiger partial charge on any atom is -0.337 e. The molecule has 0 spiro atoms. The largest absolute Gasteiger partial charge is 0.337 e. The summed E-state index contributed by atoms with van der Waals surface area (Å²) in [4.78, 5) is 12.9. The van der Waals surface area contributed by atoms with Crippen LogP contribution in [0.5, 0.6) is 0 Å². The molecule has 1 fully saturated rings. The van der Waals surface area contributed by atoms with Crippen molar-refractivity contribution < 1.29 is 4.79 Å². The van der Waals surface area contributed by atoms with Gasteiger partial charge in [-0.1, -0.05) is 30.9 Å². The second-order valence-electron chi connectivity index (χ2n) is 5.04. The fraction of sp³-hybridized carbons (Fsp3) is 0.533. The molecule has 0 aliphatic heterocycles. The van der Waals surface area contributed by atoms with Crippen molar-refractivity contribution in [3.05, 3.63) is 29.3 Å². The first-order valence-electron chi connectivity index (χ1n) is 7.17. The van der Waals surface area contributed by atoms with Crippen molar-refractivity contribution in [2.75, 3.05) is 12.3 Å². The van der Waals surface area contributed by atoms with Crippen molar-refractivity contribution in [3.8, 4) is 0 Å². The average Bonchev–Trinajstić information content (AvgIpc) is 2.46. The number of nitrogens with one attached hydrogen (secondary N) is 2. The van der Waals surface area contributed by atoms with Crippen LogP contribution in [0.1, 0.15) is 32.1 Å². The van der Waals surface area contributed by atoms with Gasteiger partial charge >= 0.3 is 6.03 Å². The van der Waals surface area contributed by atoms with Gasteiger partial charge in [-0.15, -0.1) is 11.8 Å². The quantitative estimate of drug-likeness (QED) is 0.636. The van der Waals surface area contributed by atoms with Gasteiger partial charge in [-0.25, -0.2) is 4.79 Å². The Labute approximate surface area is 129 Å². The Balaban J connectivity index is 1.58. The summed E-state index contributed by atoms with van der Waals surface area (Å²) in [5, 5.41) is 6.71. The molecule has 0 unspecified atom stereocenters. The molecule has 1 aliphatic carbocycles. The van der Waals surface area contributed by atoms with Crippen LogP contribution < -0.4 is 10.6 Å². The van der Waals surface area contributed by atoms with Gasteiger partial charge in [0.25, 0.3) is 0 Å². The maximum atomic E-state index is 11.7. The molecule has 0 saturated heterocycles. The van der Waals surface area contributed by atoms with Gasteiger partial charge in [0.05, 0.1) is 0 Å². The first-order chi connectivity index (χ1) is 9.74. The summed E-state index contributed by atoms with van der Waals surface area (Å²) in [6.45, 7) is 0.672. The lowest BCUT2D eigenvalue weighted by molar-refractivity contribution is 0.233. The van der Waals surface area contributed by atoms with Crippen molar-refractivity contribution in [2.24, 2.45) is 0 Å². The van der Waals surface area contributed by atoms with E-state index in [0.29, 0.717) is 12.6 Å². The van der Waals surface area contributed by atoms with Crippen molar-refractivity contribution in [2.45, 2.75) is 43.0 Å². The number of urea groups is 1. The molecule has 0 radical (unpaired) electrons. The molecule has 110 valence electrons. The van der Waals surface area contributed by atoms with E-state index >= 15 is 0 Å². The monoisotopic (exact) mass is 312 g/mol. The maximum Gasteiger partial charge on any atom is 0.315 e. The van der Waals surface area contributed by atoms with Gasteiger partial charge in [-0.2, -0.15) is 0 Å². The molecule has 1 aromatic carbocycles. The molecule has 2 N–H and O–H groups in total. The van der Waals surface area contributed by atoms with Crippen LogP contribution in [0.4, 0.5) is 4.79 Å². The van der Waals surface area contributed by atoms with E-state index in [1.807, 2.05) is 24.3 Å². The van der Waals surface area contributed by atoms with E-state index in [2.05, 4.69) is 10.6 Å². The van der Waals surface area contributed by atoms with Gasteiger partial charge in [0.15, 0.2) is 0 Å². The fourth-order valence-electron chi connectivity index (χ4n) is 2.35. The van der Waals surface area contributed by atoms with Gasteiger partial charge in [0, 0.05) is 28.3 Å². The third-order valence-electron chi connectivity index (χ3n) is 3.41. The highest BCUT2D eigenvalue weighted by Gasteiger charge is 2.14. The van der Waals surface area contributed by atoms with Crippen molar-refractivity contribution in [3.63, 3.8) is 0 Å². The Bertz CT molecular complexity index is 418. The zero-order chi connectivity index (χ0) is 14.2. The summed E-state index contributed by atoms with van der Waals surface area (Å²) in [6.07, 6.45) is 6.01. The standard InChI is InChI=1S/C15H21ClN2OS/c16-12-6-8-14(9-7-12)20-11-10-17-15(19)18-13-4-2-1-3-5-13/h6-9,13H,1-5,10-11H2,(H2,17,18,19). The van der Waals surface area contributed by atoms with Gasteiger partial charge in [0.2, 0.25) is 0 Å². The van der Waals surface area contributed by atoms with Gasteiger partial charge in [-0.3, -0.25) is 0 Å². The summed E-state index contributed by atoms with van der Waals surface area (Å²) < 4.78 is 0. The number of hydrogen-bond donors (Lipinski definition) is 2. The molecule has 1 saturated carbocycles. The molecule has 2 amide bonds. The summed E-state index contributed by atoms with van der Waals surface area (Å²) in [6, 6.07) is 8.09. The van der Waals surface area contributed by atoms with Crippen molar-refractivity contribution >= 4 is 29.4 Å². The number of carbonyl (C=O) groups is 1. The molecule has 2 rings (SSSR count). The average molecular weight is 313 g/mol. The Morgan fingerprint density at radius 3 is 2.60 bits per heavy atom. The van der Waals surface area contributed by atoms with Crippen LogP contribution in [-0.2, 0) is 0 Å². The molecular formula is C15H21ClN2OS. The molecule has 20 heavy (non-hydrogen) atoms. The number of benzene rings is 1. The van der Waals surface area contributed by atoms with Crippen LogP contribution in [0, 0.1) is 0 Å². The van der Waals surface area contributed by atoms with Gasteiger partial charge < -0.3 is 10.6 Å². The van der Waals surface area contributed by atoms with E-state index in [4.69, 9.17) is 11.6 Å². The Kier molecular flexibility index (Phi) is 6.54. The number of hydrogen-bond acceptors (Lipinski definition) is 2. The van der Waals surface area contributed by atoms with E-state index in [9.17, 15) is 4.79 Å². The Morgan fingerprint density at radius 1 is 1.20 bits per heavy atom. The van der Waals surface area contributed by atoms with Gasteiger partial charge in [-0.05, 0) is 37.1 Å². The maximum absolute atomic E-state index is 11.7. The molecule has 1 aromatic rings. The highest BCUT2D eigenvalue weighted by atomic mass is 35.5. The van der Waals surface area contributed by atoms with E-state index in [1.54, 1.807) is 11.8 Å².